The minimum atomic E-state index is -1.62. The molecule has 85 heavy (non-hydrogen) atoms. The van der Waals surface area contributed by atoms with Crippen LogP contribution in [-0.2, 0) is 67.2 Å². The second-order valence-electron chi connectivity index (χ2n) is 20.0. The third-order valence-corrected chi connectivity index (χ3v) is 15.1. The summed E-state index contributed by atoms with van der Waals surface area (Å²) in [4.78, 5) is 62.7. The maximum atomic E-state index is 14.6. The van der Waals surface area contributed by atoms with Gasteiger partial charge in [-0.05, 0) is 89.1 Å². The molecule has 10 atom stereocenters. The Kier molecular flexibility index (Phi) is 19.6. The third-order valence-electron chi connectivity index (χ3n) is 14.1. The smallest absolute Gasteiger partial charge is 0.338 e. The molecule has 9 aromatic rings. The Morgan fingerprint density at radius 2 is 0.776 bits per heavy atom. The van der Waals surface area contributed by atoms with E-state index in [1.807, 2.05) is 97.1 Å². The van der Waals surface area contributed by atoms with Gasteiger partial charge in [0.05, 0.1) is 55.3 Å². The average molecular weight is 1160 g/mol. The third kappa shape index (κ3) is 15.1. The van der Waals surface area contributed by atoms with E-state index >= 15 is 0 Å². The molecule has 1 aromatic heterocycles. The lowest BCUT2D eigenvalue weighted by Gasteiger charge is -2.47. The molecule has 2 aliphatic heterocycles. The Hall–Kier alpha value is -8.78. The molecule has 0 saturated carbocycles. The van der Waals surface area contributed by atoms with Gasteiger partial charge in [0.25, 0.3) is 5.22 Å². The Balaban J connectivity index is 1.00. The van der Waals surface area contributed by atoms with E-state index in [1.165, 1.54) is 0 Å². The van der Waals surface area contributed by atoms with Gasteiger partial charge in [0.15, 0.2) is 41.7 Å². The van der Waals surface area contributed by atoms with Crippen LogP contribution in [0.15, 0.2) is 246 Å². The highest BCUT2D eigenvalue weighted by atomic mass is 32.2. The highest BCUT2D eigenvalue weighted by molar-refractivity contribution is 7.99. The van der Waals surface area contributed by atoms with Gasteiger partial charge < -0.3 is 51.8 Å². The summed E-state index contributed by atoms with van der Waals surface area (Å²) in [6.45, 7) is -0.190. The normalized spacial score (nSPS) is 22.0. The molecule has 0 unspecified atom stereocenters. The van der Waals surface area contributed by atoms with Crippen molar-refractivity contribution in [2.45, 2.75) is 85.6 Å². The molecule has 0 bridgehead atoms. The number of benzene rings is 8. The molecule has 0 N–H and O–H groups in total. The van der Waals surface area contributed by atoms with Gasteiger partial charge in [-0.25, -0.2) is 24.2 Å². The number of thioether (sulfide) groups is 1. The second kappa shape index (κ2) is 28.7. The lowest BCUT2D eigenvalue weighted by molar-refractivity contribution is -0.325. The van der Waals surface area contributed by atoms with Gasteiger partial charge in [0.2, 0.25) is 0 Å². The van der Waals surface area contributed by atoms with E-state index in [4.69, 9.17) is 56.8 Å². The number of oxazole rings is 1. The lowest BCUT2D eigenvalue weighted by atomic mass is 9.97. The second-order valence-corrected chi connectivity index (χ2v) is 21.0. The molecular weight excluding hydrogens is 1100 g/mol. The summed E-state index contributed by atoms with van der Waals surface area (Å²) in [6, 6.07) is 69.0. The van der Waals surface area contributed by atoms with Crippen LogP contribution in [0, 0.1) is 0 Å². The van der Waals surface area contributed by atoms with E-state index in [1.54, 1.807) is 140 Å². The van der Waals surface area contributed by atoms with Crippen LogP contribution in [0.25, 0.3) is 11.1 Å². The molecule has 2 saturated heterocycles. The number of esters is 4. The van der Waals surface area contributed by atoms with Crippen molar-refractivity contribution in [1.29, 1.82) is 0 Å². The van der Waals surface area contributed by atoms with Crippen LogP contribution in [0.1, 0.15) is 58.1 Å². The number of hydrogen-bond acceptors (Lipinski definition) is 17. The molecule has 2 aliphatic rings. The van der Waals surface area contributed by atoms with Crippen molar-refractivity contribution in [2.24, 2.45) is 0 Å². The van der Waals surface area contributed by atoms with Crippen LogP contribution in [0.4, 0.5) is 0 Å². The first-order valence-corrected chi connectivity index (χ1v) is 28.6. The number of ether oxygens (including phenoxy) is 10. The van der Waals surface area contributed by atoms with Crippen molar-refractivity contribution in [2.75, 3.05) is 13.2 Å². The molecule has 17 heteroatoms. The first-order chi connectivity index (χ1) is 41.8. The van der Waals surface area contributed by atoms with Crippen molar-refractivity contribution in [3.8, 4) is 0 Å². The topological polar surface area (TPSA) is 187 Å². The fourth-order valence-corrected chi connectivity index (χ4v) is 10.9. The number of hydrogen-bond donors (Lipinski definition) is 0. The monoisotopic (exact) mass is 1160 g/mol. The molecule has 11 rings (SSSR count). The molecule has 0 amide bonds. The summed E-state index contributed by atoms with van der Waals surface area (Å²) in [5, 5.41) is 0.112. The van der Waals surface area contributed by atoms with E-state index in [-0.39, 0.29) is 53.9 Å². The quantitative estimate of drug-likeness (QED) is 0.0434. The summed E-state index contributed by atoms with van der Waals surface area (Å²) < 4.78 is 73.2. The van der Waals surface area contributed by atoms with E-state index < -0.39 is 91.0 Å². The van der Waals surface area contributed by atoms with Crippen molar-refractivity contribution < 1.29 is 71.0 Å². The van der Waals surface area contributed by atoms with E-state index in [0.29, 0.717) is 11.1 Å². The standard InChI is InChI=1S/C68H59NO15S/c70-62(48-30-14-4-15-31-48)81-57-55(79-67(85-68-69-52-38-22-23-39-53(52)80-68)61(84-65(73)51-36-20-7-21-37-51)59(57)82-63(71)49-32-16-5-17-33-49)44-77-66-60(83-64(72)50-34-18-6-19-35-50)58(76-42-47-28-12-3-13-29-47)56(75-41-46-26-10-2-11-27-46)54(78-66)43-74-40-45-24-8-1-9-25-45/h1-39,54-61,66-67H,40-44H2/t54-,55-,56-,57-,58+,59+,60+,61+,66+,67-/m1/s1. The molecule has 16 nitrogen and oxygen atoms in total. The molecule has 0 aliphatic carbocycles. The zero-order chi connectivity index (χ0) is 58.2. The number of carbonyl (C=O) groups excluding carboxylic acids is 4. The van der Waals surface area contributed by atoms with Gasteiger partial charge in [0.1, 0.15) is 29.9 Å². The first kappa shape index (κ1) is 58.0. The minimum absolute atomic E-state index is 0.0504. The van der Waals surface area contributed by atoms with Crippen LogP contribution in [0.3, 0.4) is 0 Å². The van der Waals surface area contributed by atoms with Gasteiger partial charge in [-0.2, -0.15) is 0 Å². The summed E-state index contributed by atoms with van der Waals surface area (Å²) >= 11 is 0.949. The predicted molar refractivity (Wildman–Crippen MR) is 312 cm³/mol. The van der Waals surface area contributed by atoms with E-state index in [0.717, 1.165) is 28.5 Å². The first-order valence-electron chi connectivity index (χ1n) is 27.7. The Morgan fingerprint density at radius 1 is 0.376 bits per heavy atom. The van der Waals surface area contributed by atoms with Crippen LogP contribution in [0.5, 0.6) is 0 Å². The average Bonchev–Trinajstić information content (AvgIpc) is 3.37. The van der Waals surface area contributed by atoms with Gasteiger partial charge in [0, 0.05) is 0 Å². The summed E-state index contributed by atoms with van der Waals surface area (Å²) in [5.41, 5.74) is 2.97. The minimum Gasteiger partial charge on any atom is -0.452 e. The maximum Gasteiger partial charge on any atom is 0.338 e. The lowest BCUT2D eigenvalue weighted by Crippen LogP contribution is -2.64. The largest absolute Gasteiger partial charge is 0.452 e. The highest BCUT2D eigenvalue weighted by Crippen LogP contribution is 2.40. The Bertz CT molecular complexity index is 3540. The van der Waals surface area contributed by atoms with Gasteiger partial charge >= 0.3 is 23.9 Å². The van der Waals surface area contributed by atoms with Gasteiger partial charge in [-0.3, -0.25) is 0 Å². The summed E-state index contributed by atoms with van der Waals surface area (Å²) in [6.07, 6.45) is -12.0. The maximum absolute atomic E-state index is 14.6. The number of para-hydroxylation sites is 2. The molecular formula is C68H59NO15S. The molecule has 0 radical (unpaired) electrons. The molecule has 3 heterocycles. The van der Waals surface area contributed by atoms with Crippen molar-refractivity contribution in [3.63, 3.8) is 0 Å². The fourth-order valence-electron chi connectivity index (χ4n) is 9.83. The van der Waals surface area contributed by atoms with Gasteiger partial charge in [-0.1, -0.05) is 176 Å². The van der Waals surface area contributed by atoms with E-state index in [9.17, 15) is 19.2 Å². The Morgan fingerprint density at radius 3 is 1.27 bits per heavy atom. The SMILES string of the molecule is O=C(O[C@@H]1[C@H](OC(=O)c2ccccc2)[C@@H](Sc2nc3ccccc3o2)O[C@H](CO[C@H]2O[C@H](COCc3ccccc3)[C@@H](OCc3ccccc3)[C@H](OCc3ccccc3)[C@@H]2OC(=O)c2ccccc2)[C@H]1OC(=O)c1ccccc1)c1ccccc1. The van der Waals surface area contributed by atoms with Crippen molar-refractivity contribution in [3.05, 3.63) is 276 Å². The number of fused-ring (bicyclic) bond motifs is 1. The zero-order valence-corrected chi connectivity index (χ0v) is 46.6. The van der Waals surface area contributed by atoms with Crippen LogP contribution in [0.2, 0.25) is 0 Å². The van der Waals surface area contributed by atoms with E-state index in [2.05, 4.69) is 0 Å². The summed E-state index contributed by atoms with van der Waals surface area (Å²) in [5.74, 6) is -3.18. The van der Waals surface area contributed by atoms with Crippen molar-refractivity contribution >= 4 is 46.7 Å². The van der Waals surface area contributed by atoms with Crippen LogP contribution in [-0.4, -0.2) is 103 Å². The predicted octanol–water partition coefficient (Wildman–Crippen LogP) is 11.7. The Labute approximate surface area is 494 Å². The summed E-state index contributed by atoms with van der Waals surface area (Å²) in [7, 11) is 0. The van der Waals surface area contributed by atoms with Crippen molar-refractivity contribution in [1.82, 2.24) is 4.98 Å². The van der Waals surface area contributed by atoms with Gasteiger partial charge in [-0.15, -0.1) is 0 Å². The zero-order valence-electron chi connectivity index (χ0n) is 45.8. The number of aromatic nitrogens is 1. The fraction of sp³-hybridized carbons (Fsp3) is 0.221. The number of carbonyl (C=O) groups is 4. The highest BCUT2D eigenvalue weighted by Gasteiger charge is 2.55. The van der Waals surface area contributed by atoms with Crippen LogP contribution < -0.4 is 0 Å². The molecule has 0 spiro atoms. The molecule has 2 fully saturated rings. The molecule has 8 aromatic carbocycles. The number of nitrogens with zero attached hydrogens (tertiary/aromatic N) is 1. The van der Waals surface area contributed by atoms with Crippen LogP contribution >= 0.6 is 11.8 Å². The molecule has 432 valence electrons. The number of rotatable bonds is 23.